The minimum absolute atomic E-state index is 0.00623. The third kappa shape index (κ3) is 1.72. The monoisotopic (exact) mass is 256 g/mol. The van der Waals surface area contributed by atoms with Crippen molar-refractivity contribution in [3.63, 3.8) is 0 Å². The molecule has 2 atom stereocenters. The Morgan fingerprint density at radius 3 is 2.72 bits per heavy atom. The fourth-order valence-corrected chi connectivity index (χ4v) is 2.48. The van der Waals surface area contributed by atoms with E-state index in [0.29, 0.717) is 5.92 Å². The smallest absolute Gasteiger partial charge is 0.366 e. The van der Waals surface area contributed by atoms with Crippen LogP contribution in [0.25, 0.3) is 0 Å². The van der Waals surface area contributed by atoms with Gasteiger partial charge in [-0.1, -0.05) is 0 Å². The average Bonchev–Trinajstić information content (AvgIpc) is 3.07. The Hall–Kier alpha value is -1.71. The van der Waals surface area contributed by atoms with Gasteiger partial charge in [-0.25, -0.2) is 4.68 Å². The maximum absolute atomic E-state index is 13.0. The first kappa shape index (κ1) is 11.4. The van der Waals surface area contributed by atoms with Gasteiger partial charge in [-0.3, -0.25) is 0 Å². The highest BCUT2D eigenvalue weighted by Gasteiger charge is 2.49. The first-order valence-electron chi connectivity index (χ1n) is 5.81. The van der Waals surface area contributed by atoms with Gasteiger partial charge in [0.2, 0.25) is 0 Å². The molecule has 0 radical (unpaired) electrons. The third-order valence-electron chi connectivity index (χ3n) is 3.58. The van der Waals surface area contributed by atoms with Gasteiger partial charge in [0, 0.05) is 6.04 Å². The molecule has 0 amide bonds. The van der Waals surface area contributed by atoms with Crippen LogP contribution in [0.2, 0.25) is 0 Å². The molecule has 3 rings (SSSR count). The molecule has 2 heterocycles. The number of hydrogen-bond acceptors (Lipinski definition) is 3. The number of aromatic nitrogens is 2. The Bertz CT molecular complexity index is 509. The zero-order valence-corrected chi connectivity index (χ0v) is 9.41. The van der Waals surface area contributed by atoms with E-state index in [2.05, 4.69) is 10.4 Å². The van der Waals surface area contributed by atoms with Crippen LogP contribution in [0.5, 0.6) is 0 Å². The highest BCUT2D eigenvalue weighted by molar-refractivity contribution is 5.53. The molecule has 0 saturated heterocycles. The minimum Gasteiger partial charge on any atom is -0.366 e. The molecule has 1 aromatic rings. The number of halogens is 3. The molecular weight excluding hydrogens is 245 g/mol. The molecule has 0 aromatic carbocycles. The summed E-state index contributed by atoms with van der Waals surface area (Å²) in [5, 5.41) is 15.6. The van der Waals surface area contributed by atoms with Crippen molar-refractivity contribution in [1.29, 1.82) is 5.26 Å². The lowest BCUT2D eigenvalue weighted by atomic mass is 10.00. The molecule has 18 heavy (non-hydrogen) atoms. The van der Waals surface area contributed by atoms with Crippen molar-refractivity contribution in [3.8, 4) is 6.07 Å². The van der Waals surface area contributed by atoms with E-state index >= 15 is 0 Å². The third-order valence-corrected chi connectivity index (χ3v) is 3.58. The van der Waals surface area contributed by atoms with E-state index in [1.54, 1.807) is 0 Å². The van der Waals surface area contributed by atoms with Crippen LogP contribution in [0.15, 0.2) is 6.20 Å². The van der Waals surface area contributed by atoms with Gasteiger partial charge in [0.05, 0.1) is 6.20 Å². The first-order valence-corrected chi connectivity index (χ1v) is 5.81. The topological polar surface area (TPSA) is 53.6 Å². The van der Waals surface area contributed by atoms with Gasteiger partial charge in [0.15, 0.2) is 6.04 Å². The Morgan fingerprint density at radius 1 is 1.44 bits per heavy atom. The van der Waals surface area contributed by atoms with Crippen molar-refractivity contribution in [1.82, 2.24) is 9.78 Å². The van der Waals surface area contributed by atoms with Crippen LogP contribution in [0.3, 0.4) is 0 Å². The van der Waals surface area contributed by atoms with Crippen molar-refractivity contribution in [2.75, 3.05) is 5.32 Å². The second-order valence-corrected chi connectivity index (χ2v) is 4.84. The molecule has 1 aromatic heterocycles. The highest BCUT2D eigenvalue weighted by atomic mass is 19.4. The van der Waals surface area contributed by atoms with Crippen LogP contribution >= 0.6 is 0 Å². The summed E-state index contributed by atoms with van der Waals surface area (Å²) < 4.78 is 40.0. The molecule has 4 nitrogen and oxygen atoms in total. The largest absolute Gasteiger partial charge is 0.410 e. The van der Waals surface area contributed by atoms with E-state index < -0.39 is 12.2 Å². The number of nitriles is 1. The Kier molecular flexibility index (Phi) is 2.30. The molecule has 96 valence electrons. The van der Waals surface area contributed by atoms with E-state index in [1.165, 1.54) is 6.20 Å². The number of anilines is 1. The quantitative estimate of drug-likeness (QED) is 0.839. The van der Waals surface area contributed by atoms with E-state index in [9.17, 15) is 13.2 Å². The van der Waals surface area contributed by atoms with Crippen molar-refractivity contribution in [2.24, 2.45) is 5.92 Å². The Balaban J connectivity index is 2.01. The lowest BCUT2D eigenvalue weighted by Crippen LogP contribution is -2.40. The van der Waals surface area contributed by atoms with Gasteiger partial charge in [-0.15, -0.1) is 0 Å². The maximum Gasteiger partial charge on any atom is 0.410 e. The fraction of sp³-hybridized carbons (Fsp3) is 0.636. The van der Waals surface area contributed by atoms with Gasteiger partial charge >= 0.3 is 6.18 Å². The van der Waals surface area contributed by atoms with Crippen LogP contribution in [0.4, 0.5) is 19.0 Å². The number of hydrogen-bond donors (Lipinski definition) is 1. The molecule has 1 aliphatic heterocycles. The fourth-order valence-electron chi connectivity index (χ4n) is 2.48. The second-order valence-electron chi connectivity index (χ2n) is 4.84. The number of nitrogens with zero attached hydrogens (tertiary/aromatic N) is 3. The zero-order chi connectivity index (χ0) is 12.9. The molecule has 0 unspecified atom stereocenters. The van der Waals surface area contributed by atoms with Crippen molar-refractivity contribution >= 4 is 5.82 Å². The summed E-state index contributed by atoms with van der Waals surface area (Å²) >= 11 is 0. The molecule has 1 N–H and O–H groups in total. The van der Waals surface area contributed by atoms with Crippen LogP contribution in [0.1, 0.15) is 30.9 Å². The summed E-state index contributed by atoms with van der Waals surface area (Å²) in [4.78, 5) is 0. The van der Waals surface area contributed by atoms with Gasteiger partial charge in [-0.2, -0.15) is 23.5 Å². The summed E-state index contributed by atoms with van der Waals surface area (Å²) in [5.41, 5.74) is 0.176. The standard InChI is InChI=1S/C11H11F3N4/c12-11(13,14)9-3-8(6-1-2-6)17-10-7(4-15)5-16-18(9)10/h5-6,8-9,17H,1-3H2/t8-,9-/m1/s1. The average molecular weight is 256 g/mol. The summed E-state index contributed by atoms with van der Waals surface area (Å²) in [5.74, 6) is 0.507. The van der Waals surface area contributed by atoms with E-state index in [4.69, 9.17) is 5.26 Å². The lowest BCUT2D eigenvalue weighted by Gasteiger charge is -2.33. The molecule has 0 spiro atoms. The SMILES string of the molecule is N#Cc1cnn2c1N[C@@H](C1CC1)C[C@@H]2C(F)(F)F. The predicted molar refractivity (Wildman–Crippen MR) is 56.8 cm³/mol. The van der Waals surface area contributed by atoms with E-state index in [1.807, 2.05) is 6.07 Å². The van der Waals surface area contributed by atoms with Gasteiger partial charge in [0.1, 0.15) is 17.5 Å². The normalized spacial score (nSPS) is 27.2. The van der Waals surface area contributed by atoms with Crippen LogP contribution in [-0.2, 0) is 0 Å². The molecule has 7 heteroatoms. The number of rotatable bonds is 1. The summed E-state index contributed by atoms with van der Waals surface area (Å²) in [6.07, 6.45) is -1.23. The predicted octanol–water partition coefficient (Wildman–Crippen LogP) is 2.45. The maximum atomic E-state index is 13.0. The van der Waals surface area contributed by atoms with Crippen LogP contribution in [-0.4, -0.2) is 22.0 Å². The van der Waals surface area contributed by atoms with Crippen molar-refractivity contribution < 1.29 is 13.2 Å². The van der Waals surface area contributed by atoms with Gasteiger partial charge < -0.3 is 5.32 Å². The molecule has 2 aliphatic rings. The van der Waals surface area contributed by atoms with Gasteiger partial charge in [-0.05, 0) is 25.2 Å². The zero-order valence-electron chi connectivity index (χ0n) is 9.41. The number of fused-ring (bicyclic) bond motifs is 1. The van der Waals surface area contributed by atoms with Crippen LogP contribution in [0, 0.1) is 17.2 Å². The lowest BCUT2D eigenvalue weighted by molar-refractivity contribution is -0.174. The molecule has 1 saturated carbocycles. The number of alkyl halides is 3. The summed E-state index contributed by atoms with van der Waals surface area (Å²) in [6, 6.07) is 0.0492. The molecule has 0 bridgehead atoms. The summed E-state index contributed by atoms with van der Waals surface area (Å²) in [7, 11) is 0. The Labute approximate surface area is 101 Å². The van der Waals surface area contributed by atoms with Crippen molar-refractivity contribution in [2.45, 2.75) is 37.5 Å². The summed E-state index contributed by atoms with van der Waals surface area (Å²) in [6.45, 7) is 0. The molecule has 1 aliphatic carbocycles. The first-order chi connectivity index (χ1) is 8.50. The highest BCUT2D eigenvalue weighted by Crippen LogP contribution is 2.45. The molecular formula is C11H11F3N4. The second kappa shape index (κ2) is 3.64. The minimum atomic E-state index is -4.33. The molecule has 1 fully saturated rings. The van der Waals surface area contributed by atoms with Crippen molar-refractivity contribution in [3.05, 3.63) is 11.8 Å². The number of nitrogens with one attached hydrogen (secondary N) is 1. The van der Waals surface area contributed by atoms with E-state index in [0.717, 1.165) is 17.5 Å². The van der Waals surface area contributed by atoms with Crippen LogP contribution < -0.4 is 5.32 Å². The van der Waals surface area contributed by atoms with Gasteiger partial charge in [0.25, 0.3) is 0 Å². The Morgan fingerprint density at radius 2 is 2.17 bits per heavy atom. The van der Waals surface area contributed by atoms with E-state index in [-0.39, 0.29) is 23.8 Å².